The van der Waals surface area contributed by atoms with Gasteiger partial charge in [-0.1, -0.05) is 18.2 Å². The number of imide groups is 1. The van der Waals surface area contributed by atoms with Crippen molar-refractivity contribution in [2.75, 3.05) is 26.6 Å². The number of nitrogens with zero attached hydrogens (tertiary/aromatic N) is 1. The molecule has 2 aromatic carbocycles. The predicted molar refractivity (Wildman–Crippen MR) is 94.5 cm³/mol. The smallest absolute Gasteiger partial charge is 0.260 e. The third-order valence-corrected chi connectivity index (χ3v) is 4.27. The lowest BCUT2D eigenvalue weighted by atomic mass is 9.88. The first-order valence-electron chi connectivity index (χ1n) is 7.91. The lowest BCUT2D eigenvalue weighted by molar-refractivity contribution is -0.134. The van der Waals surface area contributed by atoms with Crippen molar-refractivity contribution in [2.24, 2.45) is 0 Å². The van der Waals surface area contributed by atoms with Crippen molar-refractivity contribution in [3.8, 4) is 11.5 Å². The predicted octanol–water partition coefficient (Wildman–Crippen LogP) is 2.04. The third kappa shape index (κ3) is 2.99. The monoisotopic (exact) mass is 354 g/mol. The van der Waals surface area contributed by atoms with E-state index in [1.54, 1.807) is 42.5 Å². The first-order chi connectivity index (χ1) is 12.5. The Morgan fingerprint density at radius 2 is 1.65 bits per heavy atom. The number of carbonyl (C=O) groups excluding carboxylic acids is 3. The molecular formula is C19H18N2O5. The Labute approximate surface area is 150 Å². The lowest BCUT2D eigenvalue weighted by Crippen LogP contribution is -2.46. The molecule has 0 bridgehead atoms. The molecule has 1 unspecified atom stereocenters. The Bertz CT molecular complexity index is 871. The number of hydrogen-bond donors (Lipinski definition) is 1. The molecule has 0 saturated heterocycles. The van der Waals surface area contributed by atoms with Crippen LogP contribution in [-0.4, -0.2) is 43.9 Å². The van der Waals surface area contributed by atoms with Crippen LogP contribution in [0.15, 0.2) is 42.5 Å². The number of nitrogens with one attached hydrogen (secondary N) is 1. The molecular weight excluding hydrogens is 336 g/mol. The number of ether oxygens (including phenoxy) is 2. The molecule has 3 rings (SSSR count). The highest BCUT2D eigenvalue weighted by molar-refractivity contribution is 6.20. The summed E-state index contributed by atoms with van der Waals surface area (Å²) in [6.07, 6.45) is 0. The molecule has 3 amide bonds. The molecule has 1 aliphatic heterocycles. The second-order valence-corrected chi connectivity index (χ2v) is 5.81. The normalized spacial score (nSPS) is 16.1. The minimum atomic E-state index is -1.11. The number of likely N-dealkylation sites (N-methyl/N-ethyl adjacent to an activating group) is 1. The summed E-state index contributed by atoms with van der Waals surface area (Å²) in [4.78, 5) is 38.6. The van der Waals surface area contributed by atoms with Crippen LogP contribution >= 0.6 is 0 Å². The average molecular weight is 354 g/mol. The minimum Gasteiger partial charge on any atom is -0.497 e. The van der Waals surface area contributed by atoms with Crippen LogP contribution in [0.4, 0.5) is 5.69 Å². The van der Waals surface area contributed by atoms with Gasteiger partial charge in [-0.25, -0.2) is 0 Å². The summed E-state index contributed by atoms with van der Waals surface area (Å²) in [5.74, 6) is -1.62. The minimum absolute atomic E-state index is 0.345. The van der Waals surface area contributed by atoms with Crippen LogP contribution in [0.5, 0.6) is 11.5 Å². The quantitative estimate of drug-likeness (QED) is 0.671. The fraction of sp³-hybridized carbons (Fsp3) is 0.211. The van der Waals surface area contributed by atoms with Crippen LogP contribution in [-0.2, 0) is 9.59 Å². The standard InChI is InChI=1S/C19H18N2O5/c1-21-18(23)15-7-5-4-6-14(15)16(19(21)24)17(22)20-11-8-12(25-2)10-13(9-11)26-3/h4-10,16H,1-3H3,(H,20,22). The van der Waals surface area contributed by atoms with Crippen LogP contribution in [0.2, 0.25) is 0 Å². The van der Waals surface area contributed by atoms with Crippen molar-refractivity contribution in [1.82, 2.24) is 4.90 Å². The molecule has 0 spiro atoms. The van der Waals surface area contributed by atoms with Crippen molar-refractivity contribution < 1.29 is 23.9 Å². The summed E-state index contributed by atoms with van der Waals surface area (Å²) in [7, 11) is 4.37. The van der Waals surface area contributed by atoms with Crippen molar-refractivity contribution in [3.63, 3.8) is 0 Å². The summed E-state index contributed by atoms with van der Waals surface area (Å²) in [6.45, 7) is 0. The van der Waals surface area contributed by atoms with Crippen LogP contribution < -0.4 is 14.8 Å². The summed E-state index contributed by atoms with van der Waals surface area (Å²) >= 11 is 0. The Kier molecular flexibility index (Phi) is 4.62. The zero-order valence-electron chi connectivity index (χ0n) is 14.6. The molecule has 0 radical (unpaired) electrons. The number of anilines is 1. The van der Waals surface area contributed by atoms with E-state index in [0.717, 1.165) is 4.90 Å². The zero-order chi connectivity index (χ0) is 18.8. The van der Waals surface area contributed by atoms with Gasteiger partial charge in [0.2, 0.25) is 11.8 Å². The van der Waals surface area contributed by atoms with E-state index in [4.69, 9.17) is 9.47 Å². The summed E-state index contributed by atoms with van der Waals surface area (Å²) in [5.41, 5.74) is 1.17. The summed E-state index contributed by atoms with van der Waals surface area (Å²) < 4.78 is 10.4. The number of hydrogen-bond acceptors (Lipinski definition) is 5. The molecule has 2 aromatic rings. The van der Waals surface area contributed by atoms with Crippen LogP contribution in [0, 0.1) is 0 Å². The van der Waals surface area contributed by atoms with Crippen LogP contribution in [0.25, 0.3) is 0 Å². The van der Waals surface area contributed by atoms with Gasteiger partial charge >= 0.3 is 0 Å². The van der Waals surface area contributed by atoms with Gasteiger partial charge in [-0.2, -0.15) is 0 Å². The number of carbonyl (C=O) groups is 3. The molecule has 1 aliphatic rings. The van der Waals surface area contributed by atoms with Crippen LogP contribution in [0.3, 0.4) is 0 Å². The van der Waals surface area contributed by atoms with Crippen LogP contribution in [0.1, 0.15) is 21.8 Å². The maximum absolute atomic E-state index is 12.8. The van der Waals surface area contributed by atoms with Gasteiger partial charge in [0.25, 0.3) is 5.91 Å². The van der Waals surface area contributed by atoms with Gasteiger partial charge in [0.1, 0.15) is 17.4 Å². The van der Waals surface area contributed by atoms with E-state index in [1.807, 2.05) is 0 Å². The van der Waals surface area contributed by atoms with Gasteiger partial charge in [-0.15, -0.1) is 0 Å². The molecule has 1 heterocycles. The largest absolute Gasteiger partial charge is 0.497 e. The van der Waals surface area contributed by atoms with Crippen molar-refractivity contribution >= 4 is 23.4 Å². The molecule has 0 aliphatic carbocycles. The first kappa shape index (κ1) is 17.5. The highest BCUT2D eigenvalue weighted by Gasteiger charge is 2.40. The maximum atomic E-state index is 12.8. The Balaban J connectivity index is 1.96. The zero-order valence-corrected chi connectivity index (χ0v) is 14.6. The second-order valence-electron chi connectivity index (χ2n) is 5.81. The molecule has 0 saturated carbocycles. The Morgan fingerprint density at radius 3 is 2.27 bits per heavy atom. The van der Waals surface area contributed by atoms with Gasteiger partial charge in [-0.3, -0.25) is 19.3 Å². The molecule has 134 valence electrons. The summed E-state index contributed by atoms with van der Waals surface area (Å²) in [6, 6.07) is 11.5. The van der Waals surface area contributed by atoms with E-state index < -0.39 is 23.6 Å². The highest BCUT2D eigenvalue weighted by atomic mass is 16.5. The van der Waals surface area contributed by atoms with E-state index in [9.17, 15) is 14.4 Å². The number of rotatable bonds is 4. The SMILES string of the molecule is COc1cc(NC(=O)C2C(=O)N(C)C(=O)c3ccccc32)cc(OC)c1. The van der Waals surface area contributed by atoms with Gasteiger partial charge in [0.05, 0.1) is 14.2 Å². The van der Waals surface area contributed by atoms with Gasteiger partial charge in [0.15, 0.2) is 0 Å². The molecule has 26 heavy (non-hydrogen) atoms. The molecule has 1 N–H and O–H groups in total. The lowest BCUT2D eigenvalue weighted by Gasteiger charge is -2.29. The number of amides is 3. The van der Waals surface area contributed by atoms with E-state index >= 15 is 0 Å². The van der Waals surface area contributed by atoms with Crippen molar-refractivity contribution in [3.05, 3.63) is 53.6 Å². The topological polar surface area (TPSA) is 84.9 Å². The van der Waals surface area contributed by atoms with E-state index in [0.29, 0.717) is 28.3 Å². The fourth-order valence-electron chi connectivity index (χ4n) is 2.90. The highest BCUT2D eigenvalue weighted by Crippen LogP contribution is 2.31. The van der Waals surface area contributed by atoms with E-state index in [2.05, 4.69) is 5.32 Å². The average Bonchev–Trinajstić information content (AvgIpc) is 2.66. The van der Waals surface area contributed by atoms with Gasteiger partial charge in [0, 0.05) is 36.5 Å². The molecule has 7 nitrogen and oxygen atoms in total. The fourth-order valence-corrected chi connectivity index (χ4v) is 2.90. The third-order valence-electron chi connectivity index (χ3n) is 4.27. The second kappa shape index (κ2) is 6.87. The first-order valence-corrected chi connectivity index (χ1v) is 7.91. The Hall–Kier alpha value is -3.35. The molecule has 0 fully saturated rings. The summed E-state index contributed by atoms with van der Waals surface area (Å²) in [5, 5.41) is 2.71. The Morgan fingerprint density at radius 1 is 1.04 bits per heavy atom. The van der Waals surface area contributed by atoms with E-state index in [-0.39, 0.29) is 0 Å². The van der Waals surface area contributed by atoms with E-state index in [1.165, 1.54) is 21.3 Å². The molecule has 7 heteroatoms. The van der Waals surface area contributed by atoms with Crippen molar-refractivity contribution in [2.45, 2.75) is 5.92 Å². The van der Waals surface area contributed by atoms with Crippen molar-refractivity contribution in [1.29, 1.82) is 0 Å². The number of benzene rings is 2. The molecule has 0 aromatic heterocycles. The maximum Gasteiger partial charge on any atom is 0.260 e. The molecule has 1 atom stereocenters. The number of methoxy groups -OCH3 is 2. The van der Waals surface area contributed by atoms with Gasteiger partial charge in [-0.05, 0) is 11.6 Å². The van der Waals surface area contributed by atoms with Gasteiger partial charge < -0.3 is 14.8 Å². The number of fused-ring (bicyclic) bond motifs is 1.